The van der Waals surface area contributed by atoms with E-state index in [0.717, 1.165) is 25.8 Å². The maximum absolute atomic E-state index is 12.8. The van der Waals surface area contributed by atoms with Crippen LogP contribution in [-0.4, -0.2) is 65.4 Å². The summed E-state index contributed by atoms with van der Waals surface area (Å²) in [5.41, 5.74) is 0. The summed E-state index contributed by atoms with van der Waals surface area (Å²) in [5, 5.41) is 0. The Morgan fingerprint density at radius 1 is 0.594 bits per heavy atom. The molecule has 0 fully saturated rings. The predicted octanol–water partition coefficient (Wildman–Crippen LogP) is 7.68. The summed E-state index contributed by atoms with van der Waals surface area (Å²) in [6.45, 7) is 10.9. The van der Waals surface area contributed by atoms with E-state index >= 15 is 0 Å². The fourth-order valence-corrected chi connectivity index (χ4v) is 14.1. The first kappa shape index (κ1) is 32.4. The number of alkyl halides is 2. The normalized spacial score (nSPS) is 13.7. The van der Waals surface area contributed by atoms with Crippen LogP contribution in [0.1, 0.15) is 51.9 Å². The van der Waals surface area contributed by atoms with Gasteiger partial charge in [-0.1, -0.05) is 82.5 Å². The molecule has 0 spiro atoms. The van der Waals surface area contributed by atoms with E-state index in [2.05, 4.69) is 26.2 Å². The quantitative estimate of drug-likeness (QED) is 0.116. The monoisotopic (exact) mass is 514 g/mol. The molecule has 0 aliphatic carbocycles. The molecule has 0 bridgehead atoms. The molecule has 0 rings (SSSR count). The standard InChI is InChI=1S/C23H52F2O4Si3/c1-23(24,25)22-29-16-15-18-31(7,8)21-20-30(5,6)17-13-11-9-10-12-14-19-32(26-2,27-3)28-4/h9-22H2,1-8H3. The van der Waals surface area contributed by atoms with Gasteiger partial charge in [0.1, 0.15) is 6.61 Å². The first-order valence-corrected chi connectivity index (χ1v) is 21.2. The van der Waals surface area contributed by atoms with Crippen LogP contribution in [0, 0.1) is 0 Å². The van der Waals surface area contributed by atoms with E-state index in [4.69, 9.17) is 18.0 Å². The Hall–Kier alpha value is 0.351. The number of halogens is 2. The SMILES string of the molecule is CO[Si](CCCCCCCC[Si](C)(C)CC[Si](C)(C)CCCOCC(C)(F)F)(OC)OC. The molecule has 0 aromatic rings. The van der Waals surface area contributed by atoms with E-state index in [9.17, 15) is 8.78 Å². The summed E-state index contributed by atoms with van der Waals surface area (Å²) in [5.74, 6) is -2.71. The second-order valence-electron chi connectivity index (χ2n) is 11.0. The van der Waals surface area contributed by atoms with Crippen molar-refractivity contribution in [1.82, 2.24) is 0 Å². The van der Waals surface area contributed by atoms with Crippen LogP contribution in [-0.2, 0) is 18.0 Å². The van der Waals surface area contributed by atoms with Crippen LogP contribution in [0.25, 0.3) is 0 Å². The summed E-state index contributed by atoms with van der Waals surface area (Å²) in [6, 6.07) is 6.25. The van der Waals surface area contributed by atoms with E-state index in [-0.39, 0.29) is 0 Å². The van der Waals surface area contributed by atoms with E-state index < -0.39 is 37.5 Å². The van der Waals surface area contributed by atoms with Gasteiger partial charge in [0.2, 0.25) is 0 Å². The number of ether oxygens (including phenoxy) is 1. The minimum Gasteiger partial charge on any atom is -0.377 e. The maximum Gasteiger partial charge on any atom is 0.500 e. The first-order valence-electron chi connectivity index (χ1n) is 12.4. The third kappa shape index (κ3) is 16.9. The Morgan fingerprint density at radius 3 is 1.44 bits per heavy atom. The third-order valence-electron chi connectivity index (χ3n) is 6.50. The molecule has 0 aliphatic heterocycles. The van der Waals surface area contributed by atoms with Gasteiger partial charge in [-0.3, -0.25) is 0 Å². The first-order chi connectivity index (χ1) is 14.8. The summed E-state index contributed by atoms with van der Waals surface area (Å²) in [7, 11) is 0.240. The van der Waals surface area contributed by atoms with Crippen molar-refractivity contribution in [3.05, 3.63) is 0 Å². The zero-order valence-electron chi connectivity index (χ0n) is 22.3. The lowest BCUT2D eigenvalue weighted by Gasteiger charge is -2.29. The van der Waals surface area contributed by atoms with Gasteiger partial charge in [-0.25, -0.2) is 8.78 Å². The van der Waals surface area contributed by atoms with Crippen LogP contribution in [0.15, 0.2) is 0 Å². The van der Waals surface area contributed by atoms with Crippen LogP contribution >= 0.6 is 0 Å². The van der Waals surface area contributed by atoms with Gasteiger partial charge in [0.25, 0.3) is 5.92 Å². The Bertz CT molecular complexity index is 462. The van der Waals surface area contributed by atoms with Crippen molar-refractivity contribution in [3.63, 3.8) is 0 Å². The molecule has 9 heteroatoms. The minimum atomic E-state index is -2.71. The van der Waals surface area contributed by atoms with E-state index in [1.54, 1.807) is 21.3 Å². The summed E-state index contributed by atoms with van der Waals surface area (Å²) in [6.07, 6.45) is 8.50. The molecular weight excluding hydrogens is 463 g/mol. The molecular formula is C23H52F2O4Si3. The number of unbranched alkanes of at least 4 members (excludes halogenated alkanes) is 5. The van der Waals surface area contributed by atoms with Crippen molar-refractivity contribution in [2.24, 2.45) is 0 Å². The Kier molecular flexibility index (Phi) is 16.3. The highest BCUT2D eigenvalue weighted by Crippen LogP contribution is 2.28. The zero-order valence-corrected chi connectivity index (χ0v) is 25.3. The summed E-state index contributed by atoms with van der Waals surface area (Å²) >= 11 is 0. The highest BCUT2D eigenvalue weighted by atomic mass is 28.4. The van der Waals surface area contributed by atoms with E-state index in [1.807, 2.05) is 0 Å². The molecule has 0 amide bonds. The van der Waals surface area contributed by atoms with Crippen molar-refractivity contribution in [1.29, 1.82) is 0 Å². The largest absolute Gasteiger partial charge is 0.500 e. The molecule has 0 N–H and O–H groups in total. The molecule has 32 heavy (non-hydrogen) atoms. The minimum absolute atomic E-state index is 0.453. The average Bonchev–Trinajstić information content (AvgIpc) is 2.71. The van der Waals surface area contributed by atoms with Gasteiger partial charge in [-0.2, -0.15) is 0 Å². The van der Waals surface area contributed by atoms with Crippen molar-refractivity contribution in [2.45, 2.75) is 114 Å². The molecule has 0 aromatic carbocycles. The van der Waals surface area contributed by atoms with Crippen LogP contribution < -0.4 is 0 Å². The second kappa shape index (κ2) is 16.1. The van der Waals surface area contributed by atoms with Gasteiger partial charge < -0.3 is 18.0 Å². The van der Waals surface area contributed by atoms with Gasteiger partial charge in [0.05, 0.1) is 0 Å². The molecule has 0 unspecified atom stereocenters. The zero-order chi connectivity index (χ0) is 24.7. The number of hydrogen-bond donors (Lipinski definition) is 0. The molecule has 0 aliphatic rings. The average molecular weight is 515 g/mol. The van der Waals surface area contributed by atoms with Crippen molar-refractivity contribution in [3.8, 4) is 0 Å². The van der Waals surface area contributed by atoms with E-state index in [0.29, 0.717) is 6.61 Å². The summed E-state index contributed by atoms with van der Waals surface area (Å²) in [4.78, 5) is 0. The van der Waals surface area contributed by atoms with Gasteiger partial charge in [0, 0.05) is 57.1 Å². The van der Waals surface area contributed by atoms with Crippen LogP contribution in [0.4, 0.5) is 8.78 Å². The van der Waals surface area contributed by atoms with Crippen molar-refractivity contribution in [2.75, 3.05) is 34.5 Å². The Labute approximate surface area is 200 Å². The second-order valence-corrected chi connectivity index (χ2v) is 24.7. The molecule has 4 nitrogen and oxygen atoms in total. The molecule has 0 saturated heterocycles. The van der Waals surface area contributed by atoms with Gasteiger partial charge in [-0.15, -0.1) is 0 Å². The van der Waals surface area contributed by atoms with Crippen LogP contribution in [0.3, 0.4) is 0 Å². The molecule has 0 heterocycles. The van der Waals surface area contributed by atoms with E-state index in [1.165, 1.54) is 56.3 Å². The topological polar surface area (TPSA) is 36.9 Å². The Morgan fingerprint density at radius 2 is 1.00 bits per heavy atom. The highest BCUT2D eigenvalue weighted by molar-refractivity contribution is 6.82. The third-order valence-corrected chi connectivity index (χ3v) is 16.4. The number of rotatable bonds is 21. The molecule has 194 valence electrons. The molecule has 0 saturated carbocycles. The van der Waals surface area contributed by atoms with Crippen molar-refractivity contribution >= 4 is 25.0 Å². The van der Waals surface area contributed by atoms with Gasteiger partial charge in [-0.05, 0) is 12.8 Å². The lowest BCUT2D eigenvalue weighted by molar-refractivity contribution is -0.0621. The fraction of sp³-hybridized carbons (Fsp3) is 1.00. The highest BCUT2D eigenvalue weighted by Gasteiger charge is 2.36. The van der Waals surface area contributed by atoms with Crippen LogP contribution in [0.2, 0.25) is 56.4 Å². The molecule has 0 atom stereocenters. The molecule has 0 radical (unpaired) electrons. The van der Waals surface area contributed by atoms with Crippen molar-refractivity contribution < 1.29 is 26.8 Å². The smallest absolute Gasteiger partial charge is 0.377 e. The lowest BCUT2D eigenvalue weighted by atomic mass is 10.1. The number of hydrogen-bond acceptors (Lipinski definition) is 4. The van der Waals surface area contributed by atoms with Gasteiger partial charge in [0.15, 0.2) is 0 Å². The maximum atomic E-state index is 12.8. The fourth-order valence-electron chi connectivity index (χ4n) is 4.04. The molecule has 0 aromatic heterocycles. The van der Waals surface area contributed by atoms with Crippen LogP contribution in [0.5, 0.6) is 0 Å². The predicted molar refractivity (Wildman–Crippen MR) is 140 cm³/mol. The Balaban J connectivity index is 3.89. The van der Waals surface area contributed by atoms with Gasteiger partial charge >= 0.3 is 8.80 Å². The lowest BCUT2D eigenvalue weighted by Crippen LogP contribution is -2.42. The summed E-state index contributed by atoms with van der Waals surface area (Å²) < 4.78 is 47.2.